The lowest BCUT2D eigenvalue weighted by Crippen LogP contribution is -2.28. The maximum absolute atomic E-state index is 13.7. The number of carbonyl (C=O) groups excluding carboxylic acids is 1. The first kappa shape index (κ1) is 13.0. The fraction of sp³-hybridized carbons (Fsp3) is 0.500. The lowest BCUT2D eigenvalue weighted by Gasteiger charge is -2.07. The van der Waals surface area contributed by atoms with E-state index in [-0.39, 0.29) is 11.5 Å². The first-order chi connectivity index (χ1) is 8.68. The summed E-state index contributed by atoms with van der Waals surface area (Å²) in [6.07, 6.45) is 3.40. The Balaban J connectivity index is 1.74. The fourth-order valence-corrected chi connectivity index (χ4v) is 1.80. The molecule has 0 spiro atoms. The van der Waals surface area contributed by atoms with Gasteiger partial charge < -0.3 is 10.6 Å². The van der Waals surface area contributed by atoms with Crippen molar-refractivity contribution in [2.75, 3.05) is 13.1 Å². The molecule has 4 heteroatoms. The summed E-state index contributed by atoms with van der Waals surface area (Å²) in [4.78, 5) is 11.8. The molecule has 0 aromatic heterocycles. The highest BCUT2D eigenvalue weighted by atomic mass is 19.1. The minimum atomic E-state index is -0.425. The maximum atomic E-state index is 13.7. The zero-order valence-corrected chi connectivity index (χ0v) is 10.6. The van der Waals surface area contributed by atoms with Crippen molar-refractivity contribution in [3.63, 3.8) is 0 Å². The van der Waals surface area contributed by atoms with Gasteiger partial charge in [0.1, 0.15) is 5.82 Å². The fourth-order valence-electron chi connectivity index (χ4n) is 1.80. The number of benzene rings is 1. The molecular formula is C14H19FN2O. The van der Waals surface area contributed by atoms with Crippen LogP contribution in [0.3, 0.4) is 0 Å². The van der Waals surface area contributed by atoms with E-state index < -0.39 is 5.82 Å². The largest absolute Gasteiger partial charge is 0.352 e. The summed E-state index contributed by atoms with van der Waals surface area (Å²) in [7, 11) is 0. The minimum absolute atomic E-state index is 0.130. The SMILES string of the molecule is Cc1cccc(C(=O)NCCCNC2CC2)c1F. The van der Waals surface area contributed by atoms with Gasteiger partial charge in [-0.3, -0.25) is 4.79 Å². The molecule has 1 aromatic carbocycles. The van der Waals surface area contributed by atoms with E-state index in [0.717, 1.165) is 13.0 Å². The van der Waals surface area contributed by atoms with E-state index in [1.54, 1.807) is 19.1 Å². The molecule has 0 radical (unpaired) electrons. The van der Waals surface area contributed by atoms with Crippen LogP contribution in [0.4, 0.5) is 4.39 Å². The van der Waals surface area contributed by atoms with Gasteiger partial charge in [-0.15, -0.1) is 0 Å². The second-order valence-electron chi connectivity index (χ2n) is 4.77. The molecule has 0 atom stereocenters. The second kappa shape index (κ2) is 5.96. The van der Waals surface area contributed by atoms with Crippen molar-refractivity contribution in [1.29, 1.82) is 0 Å². The van der Waals surface area contributed by atoms with Crippen molar-refractivity contribution in [3.05, 3.63) is 35.1 Å². The van der Waals surface area contributed by atoms with Gasteiger partial charge in [0.15, 0.2) is 0 Å². The molecule has 0 saturated heterocycles. The maximum Gasteiger partial charge on any atom is 0.254 e. The van der Waals surface area contributed by atoms with Crippen LogP contribution in [0.15, 0.2) is 18.2 Å². The van der Waals surface area contributed by atoms with Crippen molar-refractivity contribution in [3.8, 4) is 0 Å². The molecule has 1 fully saturated rings. The average molecular weight is 250 g/mol. The van der Waals surface area contributed by atoms with E-state index in [4.69, 9.17) is 0 Å². The Labute approximate surface area is 107 Å². The molecule has 0 heterocycles. The number of aryl methyl sites for hydroxylation is 1. The highest BCUT2D eigenvalue weighted by molar-refractivity contribution is 5.94. The van der Waals surface area contributed by atoms with Gasteiger partial charge in [0, 0.05) is 12.6 Å². The van der Waals surface area contributed by atoms with Gasteiger partial charge in [-0.2, -0.15) is 0 Å². The van der Waals surface area contributed by atoms with Crippen molar-refractivity contribution in [2.24, 2.45) is 0 Å². The van der Waals surface area contributed by atoms with E-state index in [1.165, 1.54) is 18.9 Å². The molecule has 0 aliphatic heterocycles. The van der Waals surface area contributed by atoms with Gasteiger partial charge in [0.2, 0.25) is 0 Å². The van der Waals surface area contributed by atoms with Crippen LogP contribution in [-0.4, -0.2) is 25.0 Å². The zero-order valence-electron chi connectivity index (χ0n) is 10.6. The monoisotopic (exact) mass is 250 g/mol. The molecule has 1 aliphatic carbocycles. The standard InChI is InChI=1S/C14H19FN2O/c1-10-4-2-5-12(13(10)15)14(18)17-9-3-8-16-11-6-7-11/h2,4-5,11,16H,3,6-9H2,1H3,(H,17,18). The zero-order chi connectivity index (χ0) is 13.0. The number of rotatable bonds is 6. The molecule has 2 rings (SSSR count). The Morgan fingerprint density at radius 1 is 1.39 bits per heavy atom. The predicted octanol–water partition coefficient (Wildman–Crippen LogP) is 2.01. The third-order valence-corrected chi connectivity index (χ3v) is 3.09. The molecule has 98 valence electrons. The predicted molar refractivity (Wildman–Crippen MR) is 69.1 cm³/mol. The summed E-state index contributed by atoms with van der Waals surface area (Å²) in [5.41, 5.74) is 0.628. The molecule has 1 aromatic rings. The highest BCUT2D eigenvalue weighted by Gasteiger charge is 2.19. The first-order valence-electron chi connectivity index (χ1n) is 6.45. The summed E-state index contributed by atoms with van der Waals surface area (Å²) in [5.74, 6) is -0.756. The molecule has 3 nitrogen and oxygen atoms in total. The van der Waals surface area contributed by atoms with Gasteiger partial charge in [-0.05, 0) is 44.4 Å². The Morgan fingerprint density at radius 2 is 2.17 bits per heavy atom. The molecule has 1 aliphatic rings. The molecule has 18 heavy (non-hydrogen) atoms. The first-order valence-corrected chi connectivity index (χ1v) is 6.45. The third-order valence-electron chi connectivity index (χ3n) is 3.09. The lowest BCUT2D eigenvalue weighted by molar-refractivity contribution is 0.0949. The molecule has 2 N–H and O–H groups in total. The molecular weight excluding hydrogens is 231 g/mol. The summed E-state index contributed by atoms with van der Waals surface area (Å²) in [5, 5.41) is 6.11. The molecule has 0 bridgehead atoms. The number of hydrogen-bond acceptors (Lipinski definition) is 2. The van der Waals surface area contributed by atoms with Gasteiger partial charge in [0.25, 0.3) is 5.91 Å². The van der Waals surface area contributed by atoms with Crippen molar-refractivity contribution < 1.29 is 9.18 Å². The van der Waals surface area contributed by atoms with Crippen LogP contribution in [-0.2, 0) is 0 Å². The van der Waals surface area contributed by atoms with Crippen LogP contribution in [0, 0.1) is 12.7 Å². The van der Waals surface area contributed by atoms with Crippen molar-refractivity contribution in [1.82, 2.24) is 10.6 Å². The highest BCUT2D eigenvalue weighted by Crippen LogP contribution is 2.18. The normalized spacial score (nSPS) is 14.6. The van der Waals surface area contributed by atoms with Gasteiger partial charge in [0.05, 0.1) is 5.56 Å². The number of amides is 1. The summed E-state index contributed by atoms with van der Waals surface area (Å²) < 4.78 is 13.7. The quantitative estimate of drug-likeness (QED) is 0.758. The molecule has 0 unspecified atom stereocenters. The van der Waals surface area contributed by atoms with Crippen LogP contribution in [0.1, 0.15) is 35.2 Å². The Morgan fingerprint density at radius 3 is 2.89 bits per heavy atom. The number of nitrogens with one attached hydrogen (secondary N) is 2. The Bertz CT molecular complexity index is 430. The Hall–Kier alpha value is -1.42. The summed E-state index contributed by atoms with van der Waals surface area (Å²) in [6, 6.07) is 5.56. The van der Waals surface area contributed by atoms with E-state index in [9.17, 15) is 9.18 Å². The summed E-state index contributed by atoms with van der Waals surface area (Å²) in [6.45, 7) is 3.14. The second-order valence-corrected chi connectivity index (χ2v) is 4.77. The molecule has 1 amide bonds. The number of halogens is 1. The smallest absolute Gasteiger partial charge is 0.254 e. The van der Waals surface area contributed by atoms with Crippen molar-refractivity contribution >= 4 is 5.91 Å². The van der Waals surface area contributed by atoms with E-state index in [0.29, 0.717) is 18.2 Å². The topological polar surface area (TPSA) is 41.1 Å². The van der Waals surface area contributed by atoms with Gasteiger partial charge in [-0.1, -0.05) is 12.1 Å². The van der Waals surface area contributed by atoms with Crippen LogP contribution in [0.2, 0.25) is 0 Å². The summed E-state index contributed by atoms with van der Waals surface area (Å²) >= 11 is 0. The average Bonchev–Trinajstić information content (AvgIpc) is 3.16. The Kier molecular flexibility index (Phi) is 4.31. The van der Waals surface area contributed by atoms with Crippen molar-refractivity contribution in [2.45, 2.75) is 32.2 Å². The van der Waals surface area contributed by atoms with Crippen LogP contribution in [0.25, 0.3) is 0 Å². The van der Waals surface area contributed by atoms with Gasteiger partial charge >= 0.3 is 0 Å². The van der Waals surface area contributed by atoms with Crippen LogP contribution >= 0.6 is 0 Å². The third kappa shape index (κ3) is 3.53. The number of carbonyl (C=O) groups is 1. The van der Waals surface area contributed by atoms with Crippen LogP contribution < -0.4 is 10.6 Å². The minimum Gasteiger partial charge on any atom is -0.352 e. The van der Waals surface area contributed by atoms with Gasteiger partial charge in [-0.25, -0.2) is 4.39 Å². The molecule has 1 saturated carbocycles. The van der Waals surface area contributed by atoms with E-state index in [1.807, 2.05) is 0 Å². The number of hydrogen-bond donors (Lipinski definition) is 2. The lowest BCUT2D eigenvalue weighted by atomic mass is 10.1. The van der Waals surface area contributed by atoms with E-state index >= 15 is 0 Å². The van der Waals surface area contributed by atoms with Crippen LogP contribution in [0.5, 0.6) is 0 Å². The van der Waals surface area contributed by atoms with E-state index in [2.05, 4.69) is 10.6 Å².